The lowest BCUT2D eigenvalue weighted by Crippen LogP contribution is -2.16. The quantitative estimate of drug-likeness (QED) is 0.826. The average molecular weight is 220 g/mol. The maximum absolute atomic E-state index is 9.79. The molecule has 0 radical (unpaired) electrons. The van der Waals surface area contributed by atoms with Crippen molar-refractivity contribution in [3.63, 3.8) is 0 Å². The van der Waals surface area contributed by atoms with E-state index in [4.69, 9.17) is 9.47 Å². The van der Waals surface area contributed by atoms with E-state index in [0.29, 0.717) is 6.61 Å². The van der Waals surface area contributed by atoms with Gasteiger partial charge in [-0.15, -0.1) is 0 Å². The molecule has 3 nitrogen and oxygen atoms in total. The molecule has 0 spiro atoms. The van der Waals surface area contributed by atoms with Crippen LogP contribution < -0.4 is 4.74 Å². The van der Waals surface area contributed by atoms with Gasteiger partial charge in [0.25, 0.3) is 0 Å². The summed E-state index contributed by atoms with van der Waals surface area (Å²) in [7, 11) is 0. The summed E-state index contributed by atoms with van der Waals surface area (Å²) in [6.45, 7) is 1.48. The van der Waals surface area contributed by atoms with Gasteiger partial charge in [0.2, 0.25) is 0 Å². The molecule has 1 fully saturated rings. The zero-order chi connectivity index (χ0) is 11.0. The Morgan fingerprint density at radius 1 is 1.31 bits per heavy atom. The first-order valence-electron chi connectivity index (χ1n) is 5.89. The number of benzene rings is 1. The Hall–Kier alpha value is -1.06. The fourth-order valence-electron chi connectivity index (χ4n) is 2.49. The van der Waals surface area contributed by atoms with Crippen LogP contribution in [-0.2, 0) is 11.2 Å². The van der Waals surface area contributed by atoms with Crippen LogP contribution in [0.3, 0.4) is 0 Å². The van der Waals surface area contributed by atoms with E-state index in [1.165, 1.54) is 5.56 Å². The minimum absolute atomic E-state index is 0.184. The highest BCUT2D eigenvalue weighted by atomic mass is 16.5. The number of hydrogen-bond donors (Lipinski definition) is 1. The van der Waals surface area contributed by atoms with Crippen LogP contribution in [0.2, 0.25) is 0 Å². The van der Waals surface area contributed by atoms with Crippen LogP contribution in [0, 0.1) is 0 Å². The van der Waals surface area contributed by atoms with Crippen LogP contribution in [0.5, 0.6) is 5.75 Å². The lowest BCUT2D eigenvalue weighted by molar-refractivity contribution is 0.140. The van der Waals surface area contributed by atoms with E-state index in [0.717, 1.165) is 37.2 Å². The summed E-state index contributed by atoms with van der Waals surface area (Å²) in [6, 6.07) is 5.94. The summed E-state index contributed by atoms with van der Waals surface area (Å²) in [5, 5.41) is 9.79. The molecule has 2 atom stereocenters. The first-order valence-corrected chi connectivity index (χ1v) is 5.89. The molecular weight excluding hydrogens is 204 g/mol. The van der Waals surface area contributed by atoms with Gasteiger partial charge in [0, 0.05) is 12.0 Å². The normalized spacial score (nSPS) is 28.1. The third-order valence-electron chi connectivity index (χ3n) is 3.38. The predicted molar refractivity (Wildman–Crippen MR) is 59.6 cm³/mol. The second-order valence-corrected chi connectivity index (χ2v) is 4.48. The third kappa shape index (κ3) is 1.70. The van der Waals surface area contributed by atoms with Crippen LogP contribution in [0.1, 0.15) is 30.1 Å². The second kappa shape index (κ2) is 4.07. The molecule has 1 heterocycles. The zero-order valence-corrected chi connectivity index (χ0v) is 9.19. The molecule has 2 aliphatic rings. The number of ether oxygens (including phenoxy) is 2. The Bertz CT molecular complexity index is 383. The van der Waals surface area contributed by atoms with E-state index in [2.05, 4.69) is 0 Å². The van der Waals surface area contributed by atoms with Gasteiger partial charge in [0.1, 0.15) is 11.9 Å². The van der Waals surface area contributed by atoms with E-state index in [1.54, 1.807) is 0 Å². The van der Waals surface area contributed by atoms with Crippen molar-refractivity contribution in [2.75, 3.05) is 13.2 Å². The maximum atomic E-state index is 9.79. The first-order chi connectivity index (χ1) is 7.84. The van der Waals surface area contributed by atoms with Gasteiger partial charge in [0.15, 0.2) is 0 Å². The third-order valence-corrected chi connectivity index (χ3v) is 3.38. The summed E-state index contributed by atoms with van der Waals surface area (Å²) in [4.78, 5) is 0. The largest absolute Gasteiger partial charge is 0.488 e. The molecule has 16 heavy (non-hydrogen) atoms. The highest BCUT2D eigenvalue weighted by Gasteiger charge is 2.25. The predicted octanol–water partition coefficient (Wildman–Crippen LogP) is 1.83. The molecule has 1 aromatic carbocycles. The van der Waals surface area contributed by atoms with Crippen LogP contribution in [0.15, 0.2) is 18.2 Å². The second-order valence-electron chi connectivity index (χ2n) is 4.48. The van der Waals surface area contributed by atoms with Crippen molar-refractivity contribution in [1.82, 2.24) is 0 Å². The number of rotatable bonds is 2. The number of aliphatic hydroxyl groups is 1. The van der Waals surface area contributed by atoms with Crippen molar-refractivity contribution in [2.45, 2.75) is 31.5 Å². The van der Waals surface area contributed by atoms with Crippen LogP contribution in [0.25, 0.3) is 0 Å². The highest BCUT2D eigenvalue weighted by molar-refractivity contribution is 5.44. The van der Waals surface area contributed by atoms with E-state index < -0.39 is 0 Å². The summed E-state index contributed by atoms with van der Waals surface area (Å²) >= 11 is 0. The van der Waals surface area contributed by atoms with E-state index in [-0.39, 0.29) is 12.2 Å². The van der Waals surface area contributed by atoms with Crippen molar-refractivity contribution >= 4 is 0 Å². The fourth-order valence-corrected chi connectivity index (χ4v) is 2.49. The van der Waals surface area contributed by atoms with Gasteiger partial charge in [-0.3, -0.25) is 0 Å². The Kier molecular flexibility index (Phi) is 2.58. The lowest BCUT2D eigenvalue weighted by atomic mass is 10.1. The van der Waals surface area contributed by atoms with Crippen LogP contribution in [-0.4, -0.2) is 24.4 Å². The average Bonchev–Trinajstić information content (AvgIpc) is 2.90. The molecule has 0 saturated carbocycles. The number of fused-ring (bicyclic) bond motifs is 1. The van der Waals surface area contributed by atoms with Crippen molar-refractivity contribution in [3.05, 3.63) is 29.3 Å². The zero-order valence-electron chi connectivity index (χ0n) is 9.19. The topological polar surface area (TPSA) is 38.7 Å². The molecule has 1 aromatic rings. The Morgan fingerprint density at radius 2 is 2.25 bits per heavy atom. The SMILES string of the molecule is OC1CCc2c(OC3CCOC3)cccc21. The van der Waals surface area contributed by atoms with Gasteiger partial charge in [-0.2, -0.15) is 0 Å². The van der Waals surface area contributed by atoms with Crippen LogP contribution >= 0.6 is 0 Å². The van der Waals surface area contributed by atoms with Crippen molar-refractivity contribution in [2.24, 2.45) is 0 Å². The van der Waals surface area contributed by atoms with Crippen molar-refractivity contribution in [1.29, 1.82) is 0 Å². The molecule has 1 saturated heterocycles. The van der Waals surface area contributed by atoms with Gasteiger partial charge in [-0.05, 0) is 24.5 Å². The van der Waals surface area contributed by atoms with Crippen molar-refractivity contribution < 1.29 is 14.6 Å². The molecule has 86 valence electrons. The molecule has 1 aliphatic carbocycles. The standard InChI is InChI=1S/C13H16O3/c14-12-5-4-11-10(12)2-1-3-13(11)16-9-6-7-15-8-9/h1-3,9,12,14H,4-8H2. The number of aliphatic hydroxyl groups excluding tert-OH is 1. The van der Waals surface area contributed by atoms with Gasteiger partial charge in [-0.25, -0.2) is 0 Å². The van der Waals surface area contributed by atoms with Crippen molar-refractivity contribution in [3.8, 4) is 5.75 Å². The fraction of sp³-hybridized carbons (Fsp3) is 0.538. The summed E-state index contributed by atoms with van der Waals surface area (Å²) < 4.78 is 11.2. The molecule has 3 heteroatoms. The molecule has 1 N–H and O–H groups in total. The smallest absolute Gasteiger partial charge is 0.124 e. The van der Waals surface area contributed by atoms with Crippen LogP contribution in [0.4, 0.5) is 0 Å². The summed E-state index contributed by atoms with van der Waals surface area (Å²) in [6.07, 6.45) is 2.58. The lowest BCUT2D eigenvalue weighted by Gasteiger charge is -2.15. The van der Waals surface area contributed by atoms with E-state index in [1.807, 2.05) is 18.2 Å². The molecular formula is C13H16O3. The monoisotopic (exact) mass is 220 g/mol. The minimum atomic E-state index is -0.307. The minimum Gasteiger partial charge on any atom is -0.488 e. The molecule has 1 aliphatic heterocycles. The van der Waals surface area contributed by atoms with Gasteiger partial charge in [-0.1, -0.05) is 12.1 Å². The van der Waals surface area contributed by atoms with Gasteiger partial charge >= 0.3 is 0 Å². The Morgan fingerprint density at radius 3 is 3.06 bits per heavy atom. The summed E-state index contributed by atoms with van der Waals surface area (Å²) in [5.41, 5.74) is 2.22. The van der Waals surface area contributed by atoms with E-state index in [9.17, 15) is 5.11 Å². The molecule has 0 amide bonds. The first kappa shape index (κ1) is 10.1. The molecule has 0 bridgehead atoms. The molecule has 0 aromatic heterocycles. The van der Waals surface area contributed by atoms with Gasteiger partial charge in [0.05, 0.1) is 19.3 Å². The Labute approximate surface area is 95.0 Å². The Balaban J connectivity index is 1.84. The van der Waals surface area contributed by atoms with E-state index >= 15 is 0 Å². The highest BCUT2D eigenvalue weighted by Crippen LogP contribution is 2.37. The molecule has 2 unspecified atom stereocenters. The number of hydrogen-bond acceptors (Lipinski definition) is 3. The summed E-state index contributed by atoms with van der Waals surface area (Å²) in [5.74, 6) is 0.935. The maximum Gasteiger partial charge on any atom is 0.124 e. The van der Waals surface area contributed by atoms with Gasteiger partial charge < -0.3 is 14.6 Å². The molecule has 3 rings (SSSR count).